The smallest absolute Gasteiger partial charge is 0.338 e. The predicted molar refractivity (Wildman–Crippen MR) is 75.9 cm³/mol. The Hall–Kier alpha value is -2.29. The van der Waals surface area contributed by atoms with E-state index in [4.69, 9.17) is 10.5 Å². The zero-order chi connectivity index (χ0) is 13.8. The molecular formula is C16H17NO2. The summed E-state index contributed by atoms with van der Waals surface area (Å²) in [5, 5.41) is 0. The number of carbonyl (C=O) groups excluding carboxylic acids is 1. The van der Waals surface area contributed by atoms with Gasteiger partial charge in [-0.15, -0.1) is 0 Å². The minimum Gasteiger partial charge on any atom is -0.457 e. The lowest BCUT2D eigenvalue weighted by Crippen LogP contribution is -2.08. The van der Waals surface area contributed by atoms with Crippen LogP contribution in [0.15, 0.2) is 42.5 Å². The summed E-state index contributed by atoms with van der Waals surface area (Å²) < 4.78 is 5.34. The fourth-order valence-corrected chi connectivity index (χ4v) is 1.91. The average Bonchev–Trinajstić information content (AvgIpc) is 2.37. The molecule has 0 aliphatic heterocycles. The molecule has 2 rings (SSSR count). The second-order valence-corrected chi connectivity index (χ2v) is 4.58. The SMILES string of the molecule is Cc1ccccc1COC(=O)c1ccc(N)cc1C. The van der Waals surface area contributed by atoms with Gasteiger partial charge in [-0.2, -0.15) is 0 Å². The van der Waals surface area contributed by atoms with E-state index in [2.05, 4.69) is 0 Å². The van der Waals surface area contributed by atoms with E-state index in [0.717, 1.165) is 16.7 Å². The van der Waals surface area contributed by atoms with Crippen molar-refractivity contribution in [2.75, 3.05) is 5.73 Å². The first-order chi connectivity index (χ1) is 9.08. The number of ether oxygens (including phenoxy) is 1. The van der Waals surface area contributed by atoms with Gasteiger partial charge in [-0.25, -0.2) is 4.79 Å². The maximum Gasteiger partial charge on any atom is 0.338 e. The fraction of sp³-hybridized carbons (Fsp3) is 0.188. The van der Waals surface area contributed by atoms with Gasteiger partial charge >= 0.3 is 5.97 Å². The van der Waals surface area contributed by atoms with Crippen LogP contribution < -0.4 is 5.73 Å². The molecule has 2 aromatic rings. The molecule has 2 N–H and O–H groups in total. The lowest BCUT2D eigenvalue weighted by molar-refractivity contribution is 0.0471. The Morgan fingerprint density at radius 1 is 1.11 bits per heavy atom. The fourth-order valence-electron chi connectivity index (χ4n) is 1.91. The number of hydrogen-bond donors (Lipinski definition) is 1. The molecule has 98 valence electrons. The van der Waals surface area contributed by atoms with Gasteiger partial charge in [0, 0.05) is 5.69 Å². The van der Waals surface area contributed by atoms with E-state index in [1.165, 1.54) is 0 Å². The molecule has 0 fully saturated rings. The molecule has 0 amide bonds. The van der Waals surface area contributed by atoms with Crippen molar-refractivity contribution in [3.05, 3.63) is 64.7 Å². The van der Waals surface area contributed by atoms with Crippen LogP contribution in [0, 0.1) is 13.8 Å². The first-order valence-electron chi connectivity index (χ1n) is 6.15. The highest BCUT2D eigenvalue weighted by Gasteiger charge is 2.11. The maximum absolute atomic E-state index is 12.0. The molecule has 0 spiro atoms. The third-order valence-electron chi connectivity index (χ3n) is 3.09. The Labute approximate surface area is 113 Å². The maximum atomic E-state index is 12.0. The first-order valence-corrected chi connectivity index (χ1v) is 6.15. The van der Waals surface area contributed by atoms with E-state index < -0.39 is 0 Å². The van der Waals surface area contributed by atoms with Crippen molar-refractivity contribution in [3.8, 4) is 0 Å². The molecule has 0 unspecified atom stereocenters. The molecule has 19 heavy (non-hydrogen) atoms. The third-order valence-corrected chi connectivity index (χ3v) is 3.09. The van der Waals surface area contributed by atoms with E-state index in [-0.39, 0.29) is 12.6 Å². The van der Waals surface area contributed by atoms with Crippen LogP contribution in [0.4, 0.5) is 5.69 Å². The molecular weight excluding hydrogens is 238 g/mol. The van der Waals surface area contributed by atoms with E-state index in [1.807, 2.05) is 38.1 Å². The number of anilines is 1. The van der Waals surface area contributed by atoms with Crippen molar-refractivity contribution in [2.45, 2.75) is 20.5 Å². The predicted octanol–water partition coefficient (Wildman–Crippen LogP) is 3.24. The van der Waals surface area contributed by atoms with Crippen molar-refractivity contribution in [1.82, 2.24) is 0 Å². The molecule has 0 aliphatic carbocycles. The topological polar surface area (TPSA) is 52.3 Å². The average molecular weight is 255 g/mol. The summed E-state index contributed by atoms with van der Waals surface area (Å²) in [5.74, 6) is -0.319. The summed E-state index contributed by atoms with van der Waals surface area (Å²) in [6.45, 7) is 4.13. The Morgan fingerprint density at radius 3 is 2.53 bits per heavy atom. The third kappa shape index (κ3) is 3.13. The van der Waals surface area contributed by atoms with Gasteiger partial charge in [0.2, 0.25) is 0 Å². The van der Waals surface area contributed by atoms with Gasteiger partial charge < -0.3 is 10.5 Å². The highest BCUT2D eigenvalue weighted by molar-refractivity contribution is 5.91. The number of esters is 1. The molecule has 0 aromatic heterocycles. The second-order valence-electron chi connectivity index (χ2n) is 4.58. The Balaban J connectivity index is 2.08. The van der Waals surface area contributed by atoms with Gasteiger partial charge in [-0.1, -0.05) is 24.3 Å². The molecule has 0 atom stereocenters. The Kier molecular flexibility index (Phi) is 3.85. The number of nitrogen functional groups attached to an aromatic ring is 1. The number of nitrogens with two attached hydrogens (primary N) is 1. The highest BCUT2D eigenvalue weighted by Crippen LogP contribution is 2.15. The highest BCUT2D eigenvalue weighted by atomic mass is 16.5. The van der Waals surface area contributed by atoms with Crippen molar-refractivity contribution in [2.24, 2.45) is 0 Å². The largest absolute Gasteiger partial charge is 0.457 e. The van der Waals surface area contributed by atoms with Crippen molar-refractivity contribution < 1.29 is 9.53 Å². The van der Waals surface area contributed by atoms with Crippen LogP contribution in [0.3, 0.4) is 0 Å². The summed E-state index contributed by atoms with van der Waals surface area (Å²) in [7, 11) is 0. The normalized spacial score (nSPS) is 10.2. The second kappa shape index (κ2) is 5.57. The number of benzene rings is 2. The van der Waals surface area contributed by atoms with Crippen LogP contribution >= 0.6 is 0 Å². The molecule has 0 saturated heterocycles. The minimum atomic E-state index is -0.319. The van der Waals surface area contributed by atoms with Gasteiger partial charge in [-0.05, 0) is 48.7 Å². The van der Waals surface area contributed by atoms with E-state index in [1.54, 1.807) is 18.2 Å². The van der Waals surface area contributed by atoms with Crippen LogP contribution in [0.2, 0.25) is 0 Å². The molecule has 0 bridgehead atoms. The van der Waals surface area contributed by atoms with Crippen molar-refractivity contribution in [3.63, 3.8) is 0 Å². The number of hydrogen-bond acceptors (Lipinski definition) is 3. The Bertz CT molecular complexity index is 605. The summed E-state index contributed by atoms with van der Waals surface area (Å²) >= 11 is 0. The van der Waals surface area contributed by atoms with Crippen molar-refractivity contribution in [1.29, 1.82) is 0 Å². The summed E-state index contributed by atoms with van der Waals surface area (Å²) in [5.41, 5.74) is 9.83. The first kappa shape index (κ1) is 13.1. The van der Waals surface area contributed by atoms with Gasteiger partial charge in [0.25, 0.3) is 0 Å². The summed E-state index contributed by atoms with van der Waals surface area (Å²) in [6, 6.07) is 13.0. The molecule has 0 aliphatic rings. The standard InChI is InChI=1S/C16H17NO2/c1-11-5-3-4-6-13(11)10-19-16(18)15-8-7-14(17)9-12(15)2/h3-9H,10,17H2,1-2H3. The van der Waals surface area contributed by atoms with Gasteiger partial charge in [-0.3, -0.25) is 0 Å². The van der Waals surface area contributed by atoms with Crippen LogP contribution in [0.5, 0.6) is 0 Å². The zero-order valence-electron chi connectivity index (χ0n) is 11.1. The molecule has 0 radical (unpaired) electrons. The molecule has 3 heteroatoms. The molecule has 0 saturated carbocycles. The number of rotatable bonds is 3. The van der Waals surface area contributed by atoms with Gasteiger partial charge in [0.1, 0.15) is 6.61 Å². The zero-order valence-corrected chi connectivity index (χ0v) is 11.1. The summed E-state index contributed by atoms with van der Waals surface area (Å²) in [4.78, 5) is 12.0. The Morgan fingerprint density at radius 2 is 1.84 bits per heavy atom. The summed E-state index contributed by atoms with van der Waals surface area (Å²) in [6.07, 6.45) is 0. The lowest BCUT2D eigenvalue weighted by atomic mass is 10.1. The van der Waals surface area contributed by atoms with Crippen LogP contribution in [0.25, 0.3) is 0 Å². The number of carbonyl (C=O) groups is 1. The lowest BCUT2D eigenvalue weighted by Gasteiger charge is -2.09. The molecule has 2 aromatic carbocycles. The van der Waals surface area contributed by atoms with Gasteiger partial charge in [0.05, 0.1) is 5.56 Å². The van der Waals surface area contributed by atoms with E-state index in [0.29, 0.717) is 11.3 Å². The molecule has 3 nitrogen and oxygen atoms in total. The van der Waals surface area contributed by atoms with Crippen LogP contribution in [0.1, 0.15) is 27.0 Å². The van der Waals surface area contributed by atoms with Crippen LogP contribution in [-0.4, -0.2) is 5.97 Å². The number of aryl methyl sites for hydroxylation is 2. The minimum absolute atomic E-state index is 0.287. The van der Waals surface area contributed by atoms with Crippen molar-refractivity contribution >= 4 is 11.7 Å². The quantitative estimate of drug-likeness (QED) is 0.676. The van der Waals surface area contributed by atoms with Gasteiger partial charge in [0.15, 0.2) is 0 Å². The monoisotopic (exact) mass is 255 g/mol. The molecule has 0 heterocycles. The van der Waals surface area contributed by atoms with Crippen LogP contribution in [-0.2, 0) is 11.3 Å². The van der Waals surface area contributed by atoms with E-state index in [9.17, 15) is 4.79 Å². The van der Waals surface area contributed by atoms with E-state index >= 15 is 0 Å².